The minimum absolute atomic E-state index is 0.0518. The Kier molecular flexibility index (Phi) is 4.41. The number of thiazole rings is 1. The third-order valence-corrected chi connectivity index (χ3v) is 7.75. The van der Waals surface area contributed by atoms with Gasteiger partial charge in [0.2, 0.25) is 0 Å². The number of thiophene rings is 1. The van der Waals surface area contributed by atoms with Crippen molar-refractivity contribution in [2.75, 3.05) is 16.8 Å². The number of carbonyl (C=O) groups is 1. The molecule has 1 amide bonds. The van der Waals surface area contributed by atoms with E-state index in [-0.39, 0.29) is 23.5 Å². The summed E-state index contributed by atoms with van der Waals surface area (Å²) < 4.78 is 25.1. The van der Waals surface area contributed by atoms with Crippen LogP contribution in [-0.4, -0.2) is 40.6 Å². The van der Waals surface area contributed by atoms with Crippen LogP contribution in [0.4, 0.5) is 5.82 Å². The molecule has 1 saturated heterocycles. The fourth-order valence-corrected chi connectivity index (χ4v) is 6.23. The molecular formula is C16H16N4O3S3. The molecule has 1 fully saturated rings. The van der Waals surface area contributed by atoms with E-state index in [4.69, 9.17) is 0 Å². The number of nitrogens with one attached hydrogen (secondary N) is 1. The van der Waals surface area contributed by atoms with Crippen LogP contribution in [0, 0.1) is 6.92 Å². The van der Waals surface area contributed by atoms with Crippen molar-refractivity contribution < 1.29 is 13.2 Å². The van der Waals surface area contributed by atoms with E-state index >= 15 is 0 Å². The van der Waals surface area contributed by atoms with Crippen LogP contribution in [0.15, 0.2) is 29.0 Å². The molecule has 0 aromatic carbocycles. The molecule has 0 radical (unpaired) electrons. The molecule has 4 heterocycles. The van der Waals surface area contributed by atoms with E-state index in [1.165, 1.54) is 11.3 Å². The Hall–Kier alpha value is -2.04. The van der Waals surface area contributed by atoms with Gasteiger partial charge in [-0.15, -0.1) is 22.7 Å². The maximum absolute atomic E-state index is 12.6. The highest BCUT2D eigenvalue weighted by atomic mass is 32.2. The summed E-state index contributed by atoms with van der Waals surface area (Å²) in [5, 5.41) is 11.7. The van der Waals surface area contributed by atoms with Crippen molar-refractivity contribution in [1.29, 1.82) is 0 Å². The first-order valence-corrected chi connectivity index (χ1v) is 11.6. The molecule has 7 nitrogen and oxygen atoms in total. The molecule has 0 spiro atoms. The maximum atomic E-state index is 12.6. The molecule has 10 heteroatoms. The number of amides is 1. The highest BCUT2D eigenvalue weighted by Crippen LogP contribution is 2.29. The standard InChI is InChI=1S/C16H16N4O3S3/c1-10-7-14(20(19-10)11-4-6-26(22,23)9-11)18-15(21)12-8-25-16(17-12)13-3-2-5-24-13/h2-3,5,7-8,11H,4,6,9H2,1H3,(H,18,21). The minimum atomic E-state index is -3.04. The fourth-order valence-electron chi connectivity index (χ4n) is 2.93. The van der Waals surface area contributed by atoms with Crippen LogP contribution in [0.1, 0.15) is 28.6 Å². The summed E-state index contributed by atoms with van der Waals surface area (Å²) in [6, 6.07) is 5.40. The van der Waals surface area contributed by atoms with Crippen LogP contribution in [0.25, 0.3) is 9.88 Å². The smallest absolute Gasteiger partial charge is 0.276 e. The minimum Gasteiger partial charge on any atom is -0.305 e. The van der Waals surface area contributed by atoms with Gasteiger partial charge >= 0.3 is 0 Å². The summed E-state index contributed by atoms with van der Waals surface area (Å²) in [7, 11) is -3.04. The Morgan fingerprint density at radius 1 is 1.38 bits per heavy atom. The van der Waals surface area contributed by atoms with Gasteiger partial charge in [0.15, 0.2) is 9.84 Å². The Bertz CT molecular complexity index is 1050. The number of rotatable bonds is 4. The van der Waals surface area contributed by atoms with E-state index < -0.39 is 9.84 Å². The predicted octanol–water partition coefficient (Wildman–Crippen LogP) is 2.99. The third-order valence-electron chi connectivity index (χ3n) is 4.12. The van der Waals surface area contributed by atoms with Crippen molar-refractivity contribution in [2.24, 2.45) is 0 Å². The Labute approximate surface area is 158 Å². The number of carbonyl (C=O) groups excluding carboxylic acids is 1. The van der Waals surface area contributed by atoms with E-state index in [2.05, 4.69) is 15.4 Å². The Morgan fingerprint density at radius 2 is 2.23 bits per heavy atom. The molecular weight excluding hydrogens is 392 g/mol. The summed E-state index contributed by atoms with van der Waals surface area (Å²) >= 11 is 2.99. The Morgan fingerprint density at radius 3 is 2.92 bits per heavy atom. The number of anilines is 1. The molecule has 1 N–H and O–H groups in total. The number of aromatic nitrogens is 3. The summed E-state index contributed by atoms with van der Waals surface area (Å²) in [4.78, 5) is 18.0. The van der Waals surface area contributed by atoms with Gasteiger partial charge in [-0.2, -0.15) is 5.10 Å². The van der Waals surface area contributed by atoms with Crippen LogP contribution in [-0.2, 0) is 9.84 Å². The SMILES string of the molecule is Cc1cc(NC(=O)c2csc(-c3cccs3)n2)n(C2CCS(=O)(=O)C2)n1. The van der Waals surface area contributed by atoms with Gasteiger partial charge in [0.25, 0.3) is 5.91 Å². The molecule has 1 aliphatic rings. The highest BCUT2D eigenvalue weighted by Gasteiger charge is 2.31. The number of sulfone groups is 1. The monoisotopic (exact) mass is 408 g/mol. The first-order valence-electron chi connectivity index (χ1n) is 7.98. The van der Waals surface area contributed by atoms with E-state index in [0.717, 1.165) is 15.6 Å². The Balaban J connectivity index is 1.55. The van der Waals surface area contributed by atoms with Crippen LogP contribution in [0.2, 0.25) is 0 Å². The van der Waals surface area contributed by atoms with Gasteiger partial charge in [-0.05, 0) is 24.8 Å². The first kappa shape index (κ1) is 17.4. The lowest BCUT2D eigenvalue weighted by molar-refractivity contribution is 0.102. The molecule has 1 aliphatic heterocycles. The van der Waals surface area contributed by atoms with Crippen molar-refractivity contribution in [3.05, 3.63) is 40.3 Å². The molecule has 3 aromatic heterocycles. The van der Waals surface area contributed by atoms with Crippen molar-refractivity contribution in [3.63, 3.8) is 0 Å². The van der Waals surface area contributed by atoms with Gasteiger partial charge in [-0.25, -0.2) is 18.1 Å². The van der Waals surface area contributed by atoms with Crippen molar-refractivity contribution >= 4 is 44.2 Å². The van der Waals surface area contributed by atoms with Gasteiger partial charge in [-0.3, -0.25) is 4.79 Å². The summed E-state index contributed by atoms with van der Waals surface area (Å²) in [6.45, 7) is 1.81. The lowest BCUT2D eigenvalue weighted by Gasteiger charge is -2.13. The van der Waals surface area contributed by atoms with Crippen molar-refractivity contribution in [3.8, 4) is 9.88 Å². The van der Waals surface area contributed by atoms with Crippen molar-refractivity contribution in [1.82, 2.24) is 14.8 Å². The van der Waals surface area contributed by atoms with Crippen LogP contribution < -0.4 is 5.32 Å². The number of aryl methyl sites for hydroxylation is 1. The average molecular weight is 409 g/mol. The second-order valence-electron chi connectivity index (χ2n) is 6.14. The molecule has 4 rings (SSSR count). The van der Waals surface area contributed by atoms with Gasteiger partial charge < -0.3 is 5.32 Å². The van der Waals surface area contributed by atoms with Crippen molar-refractivity contribution in [2.45, 2.75) is 19.4 Å². The fraction of sp³-hybridized carbons (Fsp3) is 0.312. The molecule has 136 valence electrons. The van der Waals surface area contributed by atoms with Crippen LogP contribution in [0.5, 0.6) is 0 Å². The normalized spacial score (nSPS) is 18.9. The first-order chi connectivity index (χ1) is 12.4. The third kappa shape index (κ3) is 3.44. The number of nitrogens with zero attached hydrogens (tertiary/aromatic N) is 3. The van der Waals surface area contributed by atoms with E-state index in [1.807, 2.05) is 24.4 Å². The van der Waals surface area contributed by atoms with Gasteiger partial charge in [0.1, 0.15) is 16.5 Å². The topological polar surface area (TPSA) is 94.0 Å². The van der Waals surface area contributed by atoms with Crippen LogP contribution in [0.3, 0.4) is 0 Å². The number of hydrogen-bond acceptors (Lipinski definition) is 7. The molecule has 1 unspecified atom stereocenters. The largest absolute Gasteiger partial charge is 0.305 e. The molecule has 0 bridgehead atoms. The average Bonchev–Trinajstić information content (AvgIpc) is 3.33. The zero-order valence-corrected chi connectivity index (χ0v) is 16.3. The zero-order chi connectivity index (χ0) is 18.3. The molecule has 0 saturated carbocycles. The van der Waals surface area contributed by atoms with E-state index in [0.29, 0.717) is 17.9 Å². The van der Waals surface area contributed by atoms with E-state index in [1.54, 1.807) is 27.5 Å². The lowest BCUT2D eigenvalue weighted by atomic mass is 10.3. The molecule has 1 atom stereocenters. The van der Waals surface area contributed by atoms with Gasteiger partial charge in [-0.1, -0.05) is 6.07 Å². The van der Waals surface area contributed by atoms with Gasteiger partial charge in [0.05, 0.1) is 28.1 Å². The van der Waals surface area contributed by atoms with Crippen LogP contribution >= 0.6 is 22.7 Å². The number of hydrogen-bond donors (Lipinski definition) is 1. The molecule has 26 heavy (non-hydrogen) atoms. The zero-order valence-electron chi connectivity index (χ0n) is 13.9. The second-order valence-corrected chi connectivity index (χ2v) is 10.2. The highest BCUT2D eigenvalue weighted by molar-refractivity contribution is 7.91. The van der Waals surface area contributed by atoms with Gasteiger partial charge in [0, 0.05) is 11.4 Å². The summed E-state index contributed by atoms with van der Waals surface area (Å²) in [6.07, 6.45) is 0.506. The molecule has 3 aromatic rings. The summed E-state index contributed by atoms with van der Waals surface area (Å²) in [5.41, 5.74) is 1.06. The lowest BCUT2D eigenvalue weighted by Crippen LogP contribution is -2.19. The second kappa shape index (κ2) is 6.60. The summed E-state index contributed by atoms with van der Waals surface area (Å²) in [5.74, 6) is 0.377. The quantitative estimate of drug-likeness (QED) is 0.716. The molecule has 0 aliphatic carbocycles. The maximum Gasteiger partial charge on any atom is 0.276 e. The van der Waals surface area contributed by atoms with E-state index in [9.17, 15) is 13.2 Å². The predicted molar refractivity (Wildman–Crippen MR) is 103 cm³/mol.